The predicted molar refractivity (Wildman–Crippen MR) is 69.4 cm³/mol. The molecule has 1 saturated carbocycles. The second-order valence-electron chi connectivity index (χ2n) is 4.95. The maximum atomic E-state index is 6.21. The highest BCUT2D eigenvalue weighted by Crippen LogP contribution is 2.41. The lowest BCUT2D eigenvalue weighted by molar-refractivity contribution is 0.461. The fourth-order valence-electron chi connectivity index (χ4n) is 3.01. The van der Waals surface area contributed by atoms with E-state index >= 15 is 0 Å². The van der Waals surface area contributed by atoms with Crippen LogP contribution in [-0.4, -0.2) is 12.1 Å². The van der Waals surface area contributed by atoms with Crippen molar-refractivity contribution in [2.75, 3.05) is 17.2 Å². The molecule has 0 radical (unpaired) electrons. The van der Waals surface area contributed by atoms with E-state index in [1.54, 1.807) is 0 Å². The standard InChI is InChI=1S/C13H17ClN2/c14-10-4-3-5-11-12(10)15-9-8-13(16-11)6-1-2-7-13/h3-5,15-16H,1-2,6-9H2. The molecule has 86 valence electrons. The molecule has 0 saturated heterocycles. The van der Waals surface area contributed by atoms with Gasteiger partial charge in [0.15, 0.2) is 0 Å². The molecule has 2 aliphatic rings. The summed E-state index contributed by atoms with van der Waals surface area (Å²) in [6, 6.07) is 6.09. The summed E-state index contributed by atoms with van der Waals surface area (Å²) in [5, 5.41) is 8.00. The average molecular weight is 237 g/mol. The molecule has 0 bridgehead atoms. The van der Waals surface area contributed by atoms with E-state index in [4.69, 9.17) is 11.6 Å². The SMILES string of the molecule is Clc1cccc2c1NCCC1(CCCC1)N2. The number of hydrogen-bond donors (Lipinski definition) is 2. The average Bonchev–Trinajstić information content (AvgIpc) is 2.61. The number of benzene rings is 1. The number of rotatable bonds is 0. The van der Waals surface area contributed by atoms with Crippen LogP contribution in [0, 0.1) is 0 Å². The Morgan fingerprint density at radius 3 is 2.75 bits per heavy atom. The lowest BCUT2D eigenvalue weighted by Gasteiger charge is -2.29. The summed E-state index contributed by atoms with van der Waals surface area (Å²) in [7, 11) is 0. The fraction of sp³-hybridized carbons (Fsp3) is 0.538. The Hall–Kier alpha value is -0.890. The summed E-state index contributed by atoms with van der Waals surface area (Å²) >= 11 is 6.21. The minimum atomic E-state index is 0.322. The van der Waals surface area contributed by atoms with E-state index in [9.17, 15) is 0 Å². The molecule has 0 aromatic heterocycles. The second kappa shape index (κ2) is 3.85. The largest absolute Gasteiger partial charge is 0.382 e. The van der Waals surface area contributed by atoms with Gasteiger partial charge >= 0.3 is 0 Å². The van der Waals surface area contributed by atoms with Gasteiger partial charge in [-0.25, -0.2) is 0 Å². The van der Waals surface area contributed by atoms with Crippen LogP contribution >= 0.6 is 11.6 Å². The van der Waals surface area contributed by atoms with Crippen molar-refractivity contribution in [3.05, 3.63) is 23.2 Å². The van der Waals surface area contributed by atoms with Crippen molar-refractivity contribution in [1.82, 2.24) is 0 Å². The van der Waals surface area contributed by atoms with Gasteiger partial charge in [-0.2, -0.15) is 0 Å². The summed E-state index contributed by atoms with van der Waals surface area (Å²) in [5.41, 5.74) is 2.57. The van der Waals surface area contributed by atoms with Gasteiger partial charge in [-0.3, -0.25) is 0 Å². The van der Waals surface area contributed by atoms with Crippen LogP contribution in [0.15, 0.2) is 18.2 Å². The fourth-order valence-corrected chi connectivity index (χ4v) is 3.25. The smallest absolute Gasteiger partial charge is 0.0765 e. The zero-order chi connectivity index (χ0) is 11.0. The van der Waals surface area contributed by atoms with E-state index in [0.717, 1.165) is 17.3 Å². The Morgan fingerprint density at radius 1 is 1.12 bits per heavy atom. The normalized spacial score (nSPS) is 22.1. The molecule has 2 N–H and O–H groups in total. The van der Waals surface area contributed by atoms with Crippen LogP contribution in [0.1, 0.15) is 32.1 Å². The van der Waals surface area contributed by atoms with Crippen molar-refractivity contribution in [1.29, 1.82) is 0 Å². The molecule has 16 heavy (non-hydrogen) atoms. The quantitative estimate of drug-likeness (QED) is 0.714. The lowest BCUT2D eigenvalue weighted by Crippen LogP contribution is -2.35. The van der Waals surface area contributed by atoms with E-state index in [2.05, 4.69) is 16.7 Å². The summed E-state index contributed by atoms with van der Waals surface area (Å²) in [5.74, 6) is 0. The molecule has 1 heterocycles. The molecule has 1 spiro atoms. The summed E-state index contributed by atoms with van der Waals surface area (Å²) in [4.78, 5) is 0. The van der Waals surface area contributed by atoms with Crippen molar-refractivity contribution in [3.8, 4) is 0 Å². The third-order valence-electron chi connectivity index (χ3n) is 3.88. The molecule has 1 aromatic carbocycles. The molecular formula is C13H17ClN2. The topological polar surface area (TPSA) is 24.1 Å². The molecule has 0 atom stereocenters. The third-order valence-corrected chi connectivity index (χ3v) is 4.19. The maximum absolute atomic E-state index is 6.21. The van der Waals surface area contributed by atoms with Gasteiger partial charge in [-0.1, -0.05) is 30.5 Å². The number of para-hydroxylation sites is 1. The molecule has 1 aliphatic heterocycles. The van der Waals surface area contributed by atoms with Crippen LogP contribution in [0.2, 0.25) is 5.02 Å². The van der Waals surface area contributed by atoms with Gasteiger partial charge < -0.3 is 10.6 Å². The summed E-state index contributed by atoms with van der Waals surface area (Å²) < 4.78 is 0. The first-order valence-corrected chi connectivity index (χ1v) is 6.48. The number of hydrogen-bond acceptors (Lipinski definition) is 2. The van der Waals surface area contributed by atoms with Gasteiger partial charge in [-0.05, 0) is 31.4 Å². The highest BCUT2D eigenvalue weighted by Gasteiger charge is 2.35. The van der Waals surface area contributed by atoms with Gasteiger partial charge in [0.25, 0.3) is 0 Å². The highest BCUT2D eigenvalue weighted by atomic mass is 35.5. The van der Waals surface area contributed by atoms with Gasteiger partial charge in [0.05, 0.1) is 16.4 Å². The maximum Gasteiger partial charge on any atom is 0.0765 e. The Kier molecular flexibility index (Phi) is 2.47. The van der Waals surface area contributed by atoms with E-state index in [-0.39, 0.29) is 0 Å². The monoisotopic (exact) mass is 236 g/mol. The first kappa shape index (κ1) is 10.3. The molecule has 0 amide bonds. The molecule has 0 unspecified atom stereocenters. The van der Waals surface area contributed by atoms with Crippen molar-refractivity contribution in [2.24, 2.45) is 0 Å². The second-order valence-corrected chi connectivity index (χ2v) is 5.36. The van der Waals surface area contributed by atoms with Gasteiger partial charge in [0, 0.05) is 12.1 Å². The van der Waals surface area contributed by atoms with E-state index in [1.165, 1.54) is 37.8 Å². The van der Waals surface area contributed by atoms with E-state index in [1.807, 2.05) is 12.1 Å². The van der Waals surface area contributed by atoms with Crippen LogP contribution in [-0.2, 0) is 0 Å². The van der Waals surface area contributed by atoms with Crippen molar-refractivity contribution in [3.63, 3.8) is 0 Å². The van der Waals surface area contributed by atoms with Gasteiger partial charge in [0.1, 0.15) is 0 Å². The highest BCUT2D eigenvalue weighted by molar-refractivity contribution is 6.34. The minimum absolute atomic E-state index is 0.322. The molecule has 3 heteroatoms. The molecule has 1 fully saturated rings. The van der Waals surface area contributed by atoms with Gasteiger partial charge in [-0.15, -0.1) is 0 Å². The molecule has 1 aromatic rings. The molecule has 2 nitrogen and oxygen atoms in total. The van der Waals surface area contributed by atoms with E-state index in [0.29, 0.717) is 5.54 Å². The zero-order valence-electron chi connectivity index (χ0n) is 9.35. The van der Waals surface area contributed by atoms with Crippen LogP contribution < -0.4 is 10.6 Å². The van der Waals surface area contributed by atoms with Crippen molar-refractivity contribution >= 4 is 23.0 Å². The number of nitrogens with one attached hydrogen (secondary N) is 2. The van der Waals surface area contributed by atoms with Crippen LogP contribution in [0.5, 0.6) is 0 Å². The Labute approximate surface area is 101 Å². The number of anilines is 2. The Bertz CT molecular complexity index is 397. The van der Waals surface area contributed by atoms with Crippen molar-refractivity contribution in [2.45, 2.75) is 37.6 Å². The first-order valence-electron chi connectivity index (χ1n) is 6.10. The van der Waals surface area contributed by atoms with Crippen LogP contribution in [0.3, 0.4) is 0 Å². The Balaban J connectivity index is 1.97. The third kappa shape index (κ3) is 1.65. The molecule has 1 aliphatic carbocycles. The summed E-state index contributed by atoms with van der Waals surface area (Å²) in [6.07, 6.45) is 6.48. The summed E-state index contributed by atoms with van der Waals surface area (Å²) in [6.45, 7) is 1.02. The van der Waals surface area contributed by atoms with Gasteiger partial charge in [0.2, 0.25) is 0 Å². The lowest BCUT2D eigenvalue weighted by atomic mass is 9.93. The number of fused-ring (bicyclic) bond motifs is 1. The molecular weight excluding hydrogens is 220 g/mol. The first-order chi connectivity index (χ1) is 7.79. The van der Waals surface area contributed by atoms with E-state index < -0.39 is 0 Å². The van der Waals surface area contributed by atoms with Crippen molar-refractivity contribution < 1.29 is 0 Å². The number of halogens is 1. The minimum Gasteiger partial charge on any atom is -0.382 e. The molecule has 3 rings (SSSR count). The zero-order valence-corrected chi connectivity index (χ0v) is 10.1. The predicted octanol–water partition coefficient (Wildman–Crippen LogP) is 3.88. The van der Waals surface area contributed by atoms with Crippen LogP contribution in [0.4, 0.5) is 11.4 Å². The van der Waals surface area contributed by atoms with Crippen LogP contribution in [0.25, 0.3) is 0 Å². The Morgan fingerprint density at radius 2 is 1.94 bits per heavy atom.